The third-order valence-corrected chi connectivity index (χ3v) is 7.00. The molecule has 0 spiro atoms. The summed E-state index contributed by atoms with van der Waals surface area (Å²) in [5.41, 5.74) is 0. The molecule has 274 valence electrons. The van der Waals surface area contributed by atoms with Gasteiger partial charge in [0, 0.05) is 12.8 Å². The van der Waals surface area contributed by atoms with Crippen molar-refractivity contribution in [3.05, 3.63) is 60.8 Å². The number of hydrogen-bond acceptors (Lipinski definition) is 7. The molecule has 0 heterocycles. The van der Waals surface area contributed by atoms with Crippen molar-refractivity contribution in [2.45, 2.75) is 123 Å². The van der Waals surface area contributed by atoms with Crippen LogP contribution >= 0.6 is 0 Å². The quantitative estimate of drug-likeness (QED) is 0.0257. The molecule has 0 bridgehead atoms. The molecule has 0 saturated carbocycles. The average molecular weight is 677 g/mol. The molecule has 0 aliphatic carbocycles. The number of allylic oxidation sites excluding steroid dienone is 10. The van der Waals surface area contributed by atoms with E-state index in [0.717, 1.165) is 70.6 Å². The van der Waals surface area contributed by atoms with E-state index >= 15 is 0 Å². The largest absolute Gasteiger partial charge is 0.477 e. The number of carboxylic acid groups (broad SMARTS) is 1. The summed E-state index contributed by atoms with van der Waals surface area (Å²) in [6.45, 7) is 4.54. The Kier molecular flexibility index (Phi) is 29.3. The molecule has 0 rings (SSSR count). The van der Waals surface area contributed by atoms with Gasteiger partial charge in [0.25, 0.3) is 6.29 Å². The lowest BCUT2D eigenvalue weighted by Gasteiger charge is -2.25. The van der Waals surface area contributed by atoms with Gasteiger partial charge in [-0.3, -0.25) is 9.59 Å². The van der Waals surface area contributed by atoms with E-state index in [1.807, 2.05) is 33.3 Å². The monoisotopic (exact) mass is 676 g/mol. The molecular weight excluding hydrogens is 610 g/mol. The molecule has 0 amide bonds. The summed E-state index contributed by atoms with van der Waals surface area (Å²) in [4.78, 5) is 36.7. The predicted octanol–water partition coefficient (Wildman–Crippen LogP) is 8.26. The highest BCUT2D eigenvalue weighted by Gasteiger charge is 2.25. The van der Waals surface area contributed by atoms with Gasteiger partial charge in [-0.2, -0.15) is 0 Å². The minimum absolute atomic E-state index is 0.134. The molecule has 0 aromatic rings. The first kappa shape index (κ1) is 45.0. The van der Waals surface area contributed by atoms with E-state index in [1.165, 1.54) is 6.42 Å². The van der Waals surface area contributed by atoms with E-state index in [1.54, 1.807) is 0 Å². The summed E-state index contributed by atoms with van der Waals surface area (Å²) >= 11 is 0. The first-order chi connectivity index (χ1) is 23.1. The number of rotatable bonds is 31. The molecule has 0 aliphatic rings. The van der Waals surface area contributed by atoms with E-state index in [9.17, 15) is 19.5 Å². The summed E-state index contributed by atoms with van der Waals surface area (Å²) < 4.78 is 22.4. The molecule has 2 atom stereocenters. The molecule has 1 N–H and O–H groups in total. The number of aliphatic carboxylic acids is 1. The minimum atomic E-state index is -1.53. The highest BCUT2D eigenvalue weighted by molar-refractivity contribution is 5.71. The lowest BCUT2D eigenvalue weighted by molar-refractivity contribution is -0.870. The maximum Gasteiger partial charge on any atom is 0.361 e. The molecular formula is C39H66NO8+. The van der Waals surface area contributed by atoms with Crippen LogP contribution in [0.3, 0.4) is 0 Å². The van der Waals surface area contributed by atoms with Gasteiger partial charge >= 0.3 is 17.9 Å². The van der Waals surface area contributed by atoms with Crippen molar-refractivity contribution in [3.8, 4) is 0 Å². The Bertz CT molecular complexity index is 977. The number of ether oxygens (including phenoxy) is 4. The maximum absolute atomic E-state index is 12.6. The number of likely N-dealkylation sites (N-methyl/N-ethyl adjacent to an activating group) is 1. The lowest BCUT2D eigenvalue weighted by atomic mass is 10.1. The maximum atomic E-state index is 12.6. The molecule has 9 heteroatoms. The van der Waals surface area contributed by atoms with Gasteiger partial charge in [-0.1, -0.05) is 100 Å². The SMILES string of the molecule is CC/C=C\C/C=C\C/C=C\C/C=C\CCC(=O)OC(COC(=O)CCCCCCC/C=C\CCC)COC(OCC[N+](C)(C)C)C(=O)O. The number of carboxylic acids is 1. The first-order valence-electron chi connectivity index (χ1n) is 18.0. The number of esters is 2. The zero-order valence-electron chi connectivity index (χ0n) is 30.6. The van der Waals surface area contributed by atoms with Crippen LogP contribution in [0.25, 0.3) is 0 Å². The van der Waals surface area contributed by atoms with Crippen LogP contribution in [0.5, 0.6) is 0 Å². The summed E-state index contributed by atoms with van der Waals surface area (Å²) in [7, 11) is 5.90. The number of unbranched alkanes of at least 4 members (excludes halogenated alkanes) is 6. The van der Waals surface area contributed by atoms with Crippen molar-refractivity contribution in [1.82, 2.24) is 0 Å². The van der Waals surface area contributed by atoms with Gasteiger partial charge in [0.1, 0.15) is 13.2 Å². The summed E-state index contributed by atoms with van der Waals surface area (Å²) in [5.74, 6) is -2.15. The van der Waals surface area contributed by atoms with E-state index in [0.29, 0.717) is 17.4 Å². The second kappa shape index (κ2) is 31.3. The van der Waals surface area contributed by atoms with Gasteiger partial charge in [0.15, 0.2) is 6.10 Å². The average Bonchev–Trinajstić information content (AvgIpc) is 3.03. The smallest absolute Gasteiger partial charge is 0.361 e. The molecule has 0 radical (unpaired) electrons. The fraction of sp³-hybridized carbons (Fsp3) is 0.667. The Morgan fingerprint density at radius 3 is 1.85 bits per heavy atom. The zero-order chi connectivity index (χ0) is 35.7. The van der Waals surface area contributed by atoms with E-state index < -0.39 is 24.3 Å². The molecule has 0 aromatic carbocycles. The van der Waals surface area contributed by atoms with E-state index in [-0.39, 0.29) is 38.6 Å². The van der Waals surface area contributed by atoms with Gasteiger partial charge in [-0.05, 0) is 57.8 Å². The Morgan fingerprint density at radius 1 is 0.646 bits per heavy atom. The Balaban J connectivity index is 4.73. The second-order valence-electron chi connectivity index (χ2n) is 12.8. The van der Waals surface area contributed by atoms with Crippen LogP contribution in [0, 0.1) is 0 Å². The fourth-order valence-corrected chi connectivity index (χ4v) is 4.20. The standard InChI is InChI=1S/C39H65NO8/c1-6-8-10-12-14-16-18-19-20-22-24-26-28-30-37(42)48-35(34-47-39(38(43)44)45-32-31-40(3,4)5)33-46-36(41)29-27-25-23-21-17-15-13-11-9-7-2/h8,10-11,13-14,16,19-20,24,26,35,39H,6-7,9,12,15,17-18,21-23,25,27-34H2,1-5H3/p+1/b10-8-,13-11-,16-14-,20-19-,26-24-. The number of carbonyl (C=O) groups excluding carboxylic acids is 2. The number of quaternary nitrogens is 1. The molecule has 0 saturated heterocycles. The summed E-state index contributed by atoms with van der Waals surface area (Å²) in [6, 6.07) is 0. The van der Waals surface area contributed by atoms with Crippen LogP contribution in [0.1, 0.15) is 110 Å². The van der Waals surface area contributed by atoms with Gasteiger partial charge in [0.2, 0.25) is 0 Å². The van der Waals surface area contributed by atoms with Crippen LogP contribution in [0.4, 0.5) is 0 Å². The van der Waals surface area contributed by atoms with Gasteiger partial charge in [-0.15, -0.1) is 0 Å². The van der Waals surface area contributed by atoms with Gasteiger partial charge in [0.05, 0.1) is 34.4 Å². The highest BCUT2D eigenvalue weighted by Crippen LogP contribution is 2.10. The van der Waals surface area contributed by atoms with Crippen LogP contribution in [0.2, 0.25) is 0 Å². The van der Waals surface area contributed by atoms with Gasteiger partial charge in [-0.25, -0.2) is 4.79 Å². The third-order valence-electron chi connectivity index (χ3n) is 7.00. The second-order valence-corrected chi connectivity index (χ2v) is 12.8. The Morgan fingerprint density at radius 2 is 1.23 bits per heavy atom. The van der Waals surface area contributed by atoms with Crippen LogP contribution in [0.15, 0.2) is 60.8 Å². The van der Waals surface area contributed by atoms with Crippen molar-refractivity contribution < 1.29 is 42.9 Å². The number of carbonyl (C=O) groups is 3. The first-order valence-corrected chi connectivity index (χ1v) is 18.0. The van der Waals surface area contributed by atoms with Crippen molar-refractivity contribution in [2.75, 3.05) is 47.5 Å². The third kappa shape index (κ3) is 31.6. The van der Waals surface area contributed by atoms with Crippen molar-refractivity contribution in [2.24, 2.45) is 0 Å². The number of hydrogen-bond donors (Lipinski definition) is 1. The summed E-state index contributed by atoms with van der Waals surface area (Å²) in [6.07, 6.45) is 31.7. The van der Waals surface area contributed by atoms with Gasteiger partial charge < -0.3 is 28.5 Å². The predicted molar refractivity (Wildman–Crippen MR) is 193 cm³/mol. The van der Waals surface area contributed by atoms with Crippen LogP contribution < -0.4 is 0 Å². The fourth-order valence-electron chi connectivity index (χ4n) is 4.20. The normalized spacial score (nSPS) is 13.8. The molecule has 0 fully saturated rings. The summed E-state index contributed by atoms with van der Waals surface area (Å²) in [5, 5.41) is 9.56. The topological polar surface area (TPSA) is 108 Å². The van der Waals surface area contributed by atoms with E-state index in [2.05, 4.69) is 62.5 Å². The molecule has 9 nitrogen and oxygen atoms in total. The van der Waals surface area contributed by atoms with Crippen molar-refractivity contribution >= 4 is 17.9 Å². The van der Waals surface area contributed by atoms with Crippen LogP contribution in [-0.4, -0.2) is 87.4 Å². The van der Waals surface area contributed by atoms with Crippen LogP contribution in [-0.2, 0) is 33.3 Å². The molecule has 48 heavy (non-hydrogen) atoms. The molecule has 0 aliphatic heterocycles. The minimum Gasteiger partial charge on any atom is -0.477 e. The molecule has 0 aromatic heterocycles. The van der Waals surface area contributed by atoms with Crippen molar-refractivity contribution in [1.29, 1.82) is 0 Å². The lowest BCUT2D eigenvalue weighted by Crippen LogP contribution is -2.40. The Labute approximate surface area is 291 Å². The molecule has 2 unspecified atom stereocenters. The zero-order valence-corrected chi connectivity index (χ0v) is 30.6. The highest BCUT2D eigenvalue weighted by atomic mass is 16.7. The van der Waals surface area contributed by atoms with E-state index in [4.69, 9.17) is 18.9 Å². The Hall–Kier alpha value is -3.01. The van der Waals surface area contributed by atoms with Crippen molar-refractivity contribution in [3.63, 3.8) is 0 Å². The number of nitrogens with zero attached hydrogens (tertiary/aromatic N) is 1.